The molecule has 0 spiro atoms. The number of rotatable bonds is 6. The van der Waals surface area contributed by atoms with Crippen molar-refractivity contribution >= 4 is 17.9 Å². The molecule has 8 heteroatoms. The van der Waals surface area contributed by atoms with Gasteiger partial charge in [-0.25, -0.2) is 14.4 Å². The summed E-state index contributed by atoms with van der Waals surface area (Å²) in [7, 11) is 0. The summed E-state index contributed by atoms with van der Waals surface area (Å²) >= 11 is 0. The van der Waals surface area contributed by atoms with Crippen LogP contribution >= 0.6 is 0 Å². The zero-order valence-corrected chi connectivity index (χ0v) is 11.4. The van der Waals surface area contributed by atoms with Gasteiger partial charge in [0.05, 0.1) is 19.8 Å². The molecule has 0 aliphatic rings. The number of nitrogens with zero attached hydrogens (tertiary/aromatic N) is 1. The van der Waals surface area contributed by atoms with Crippen molar-refractivity contribution in [2.75, 3.05) is 19.8 Å². The Bertz CT molecular complexity index is 470. The first-order valence-corrected chi connectivity index (χ1v) is 6.07. The summed E-state index contributed by atoms with van der Waals surface area (Å²) in [4.78, 5) is 35.1. The van der Waals surface area contributed by atoms with E-state index in [4.69, 9.17) is 18.7 Å². The number of hydrogen-bond donors (Lipinski definition) is 0. The number of ether oxygens (including phenoxy) is 3. The first-order chi connectivity index (χ1) is 9.56. The summed E-state index contributed by atoms with van der Waals surface area (Å²) in [5, 5.41) is 3.39. The molecule has 110 valence electrons. The molecule has 20 heavy (non-hydrogen) atoms. The van der Waals surface area contributed by atoms with Crippen LogP contribution in [0.4, 0.5) is 0 Å². The third-order valence-corrected chi connectivity index (χ3v) is 2.10. The largest absolute Gasteiger partial charge is 0.462 e. The van der Waals surface area contributed by atoms with Crippen molar-refractivity contribution in [1.82, 2.24) is 5.16 Å². The molecule has 0 amide bonds. The smallest absolute Gasteiger partial charge is 0.378 e. The normalized spacial score (nSPS) is 9.95. The summed E-state index contributed by atoms with van der Waals surface area (Å²) < 4.78 is 18.9. The van der Waals surface area contributed by atoms with Crippen LogP contribution in [-0.4, -0.2) is 42.9 Å². The highest BCUT2D eigenvalue weighted by molar-refractivity contribution is 6.08. The number of aromatic nitrogens is 1. The van der Waals surface area contributed by atoms with E-state index in [2.05, 4.69) is 5.16 Å². The fourth-order valence-electron chi connectivity index (χ4n) is 1.36. The van der Waals surface area contributed by atoms with Crippen molar-refractivity contribution in [2.45, 2.75) is 20.8 Å². The number of carbonyl (C=O) groups is 3. The Morgan fingerprint density at radius 1 is 0.900 bits per heavy atom. The van der Waals surface area contributed by atoms with E-state index in [0.29, 0.717) is 0 Å². The van der Waals surface area contributed by atoms with E-state index >= 15 is 0 Å². The van der Waals surface area contributed by atoms with Crippen LogP contribution in [0, 0.1) is 0 Å². The van der Waals surface area contributed by atoms with Crippen LogP contribution in [0.1, 0.15) is 52.2 Å². The van der Waals surface area contributed by atoms with Crippen molar-refractivity contribution < 1.29 is 33.1 Å². The zero-order valence-electron chi connectivity index (χ0n) is 11.4. The van der Waals surface area contributed by atoms with E-state index in [-0.39, 0.29) is 25.4 Å². The molecule has 0 N–H and O–H groups in total. The van der Waals surface area contributed by atoms with Gasteiger partial charge < -0.3 is 18.7 Å². The first-order valence-electron chi connectivity index (χ1n) is 6.07. The Morgan fingerprint density at radius 2 is 1.40 bits per heavy atom. The Hall–Kier alpha value is -2.38. The maximum Gasteiger partial charge on any atom is 0.378 e. The van der Waals surface area contributed by atoms with Crippen LogP contribution < -0.4 is 0 Å². The summed E-state index contributed by atoms with van der Waals surface area (Å²) in [6.07, 6.45) is 0. The van der Waals surface area contributed by atoms with Gasteiger partial charge in [-0.05, 0) is 20.8 Å². The van der Waals surface area contributed by atoms with Gasteiger partial charge in [0.25, 0.3) is 5.76 Å². The lowest BCUT2D eigenvalue weighted by Crippen LogP contribution is -2.17. The van der Waals surface area contributed by atoms with E-state index in [1.807, 2.05) is 0 Å². The molecule has 8 nitrogen and oxygen atoms in total. The van der Waals surface area contributed by atoms with Gasteiger partial charge in [-0.3, -0.25) is 0 Å². The van der Waals surface area contributed by atoms with E-state index < -0.39 is 29.4 Å². The highest BCUT2D eigenvalue weighted by Gasteiger charge is 2.33. The molecular formula is C12H15NO7. The Labute approximate surface area is 115 Å². The van der Waals surface area contributed by atoms with Gasteiger partial charge in [0.2, 0.25) is 5.69 Å². The van der Waals surface area contributed by atoms with Gasteiger partial charge in [0.15, 0.2) is 0 Å². The van der Waals surface area contributed by atoms with E-state index in [1.165, 1.54) is 0 Å². The third kappa shape index (κ3) is 3.34. The van der Waals surface area contributed by atoms with E-state index in [9.17, 15) is 14.4 Å². The second kappa shape index (κ2) is 7.27. The maximum absolute atomic E-state index is 11.8. The fraction of sp³-hybridized carbons (Fsp3) is 0.500. The van der Waals surface area contributed by atoms with E-state index in [0.717, 1.165) is 0 Å². The van der Waals surface area contributed by atoms with Gasteiger partial charge in [-0.1, -0.05) is 5.16 Å². The molecule has 0 atom stereocenters. The van der Waals surface area contributed by atoms with E-state index in [1.54, 1.807) is 20.8 Å². The van der Waals surface area contributed by atoms with Crippen LogP contribution in [0.3, 0.4) is 0 Å². The lowest BCUT2D eigenvalue weighted by Gasteiger charge is -2.03. The molecule has 0 unspecified atom stereocenters. The minimum Gasteiger partial charge on any atom is -0.462 e. The van der Waals surface area contributed by atoms with Gasteiger partial charge in [-0.15, -0.1) is 0 Å². The zero-order chi connectivity index (χ0) is 15.1. The molecule has 1 aromatic rings. The van der Waals surface area contributed by atoms with Crippen LogP contribution in [0.2, 0.25) is 0 Å². The second-order valence-corrected chi connectivity index (χ2v) is 3.40. The van der Waals surface area contributed by atoms with Gasteiger partial charge in [0.1, 0.15) is 5.56 Å². The molecule has 0 saturated heterocycles. The lowest BCUT2D eigenvalue weighted by molar-refractivity contribution is 0.0443. The maximum atomic E-state index is 11.8. The van der Waals surface area contributed by atoms with Crippen molar-refractivity contribution in [1.29, 1.82) is 0 Å². The average molecular weight is 285 g/mol. The summed E-state index contributed by atoms with van der Waals surface area (Å²) in [6.45, 7) is 4.99. The minimum atomic E-state index is -0.904. The number of carbonyl (C=O) groups excluding carboxylic acids is 3. The molecule has 0 aromatic carbocycles. The molecule has 0 aliphatic carbocycles. The molecule has 0 aliphatic heterocycles. The topological polar surface area (TPSA) is 105 Å². The minimum absolute atomic E-state index is 0.0640. The van der Waals surface area contributed by atoms with Gasteiger partial charge in [-0.2, -0.15) is 0 Å². The fourth-order valence-corrected chi connectivity index (χ4v) is 1.36. The Morgan fingerprint density at radius 3 is 1.95 bits per heavy atom. The van der Waals surface area contributed by atoms with Crippen LogP contribution in [0.5, 0.6) is 0 Å². The summed E-state index contributed by atoms with van der Waals surface area (Å²) in [5.74, 6) is -3.17. The van der Waals surface area contributed by atoms with Gasteiger partial charge >= 0.3 is 17.9 Å². The lowest BCUT2D eigenvalue weighted by atomic mass is 10.2. The van der Waals surface area contributed by atoms with Crippen molar-refractivity contribution in [3.63, 3.8) is 0 Å². The quantitative estimate of drug-likeness (QED) is 0.567. The summed E-state index contributed by atoms with van der Waals surface area (Å²) in [5.41, 5.74) is -0.794. The van der Waals surface area contributed by atoms with Crippen molar-refractivity contribution in [3.8, 4) is 0 Å². The van der Waals surface area contributed by atoms with Crippen LogP contribution in [-0.2, 0) is 14.2 Å². The second-order valence-electron chi connectivity index (χ2n) is 3.40. The first kappa shape index (κ1) is 15.7. The average Bonchev–Trinajstić information content (AvgIpc) is 2.84. The molecule has 1 aromatic heterocycles. The third-order valence-electron chi connectivity index (χ3n) is 2.10. The van der Waals surface area contributed by atoms with Crippen LogP contribution in [0.15, 0.2) is 4.52 Å². The predicted octanol–water partition coefficient (Wildman–Crippen LogP) is 1.20. The molecule has 0 radical (unpaired) electrons. The number of esters is 3. The molecule has 1 heterocycles. The van der Waals surface area contributed by atoms with Gasteiger partial charge in [0, 0.05) is 0 Å². The van der Waals surface area contributed by atoms with Crippen LogP contribution in [0.25, 0.3) is 0 Å². The highest BCUT2D eigenvalue weighted by Crippen LogP contribution is 2.18. The highest BCUT2D eigenvalue weighted by atomic mass is 16.6. The monoisotopic (exact) mass is 285 g/mol. The van der Waals surface area contributed by atoms with Crippen molar-refractivity contribution in [3.05, 3.63) is 17.0 Å². The standard InChI is InChI=1S/C12H15NO7/c1-4-17-10(14)7-8(11(15)18-5-2)13-20-9(7)12(16)19-6-3/h4-6H2,1-3H3. The molecule has 0 fully saturated rings. The SMILES string of the molecule is CCOC(=O)c1noc(C(=O)OCC)c1C(=O)OCC. The Balaban J connectivity index is 3.22. The summed E-state index contributed by atoms with van der Waals surface area (Å²) in [6, 6.07) is 0. The number of hydrogen-bond acceptors (Lipinski definition) is 8. The predicted molar refractivity (Wildman–Crippen MR) is 64.4 cm³/mol. The molecule has 1 rings (SSSR count). The molecular weight excluding hydrogens is 270 g/mol. The Kier molecular flexibility index (Phi) is 5.70. The molecule has 0 saturated carbocycles. The molecule has 0 bridgehead atoms. The van der Waals surface area contributed by atoms with Crippen molar-refractivity contribution in [2.24, 2.45) is 0 Å².